The summed E-state index contributed by atoms with van der Waals surface area (Å²) in [6.45, 7) is 16.2. The highest BCUT2D eigenvalue weighted by molar-refractivity contribution is 8.16. The van der Waals surface area contributed by atoms with E-state index in [-0.39, 0.29) is 17.5 Å². The molecule has 0 radical (unpaired) electrons. The van der Waals surface area contributed by atoms with Gasteiger partial charge in [0.05, 0.1) is 16.7 Å². The lowest BCUT2D eigenvalue weighted by molar-refractivity contribution is -0.118. The molecule has 3 N–H and O–H groups in total. The summed E-state index contributed by atoms with van der Waals surface area (Å²) in [5, 5.41) is 10.1. The van der Waals surface area contributed by atoms with Gasteiger partial charge in [-0.2, -0.15) is 0 Å². The van der Waals surface area contributed by atoms with Crippen LogP contribution >= 0.6 is 11.8 Å². The molecule has 0 spiro atoms. The lowest BCUT2D eigenvalue weighted by atomic mass is 9.75. The Morgan fingerprint density at radius 3 is 2.38 bits per heavy atom. The van der Waals surface area contributed by atoms with Gasteiger partial charge in [-0.25, -0.2) is 14.1 Å². The standard InChI is InChI=1S/C26H39BFN3O6SSi/c1-23(2)24(3,4)37-27(36-23)16-9-10-18(28)17(13-16)25(5)19-14-26(19,20(29)32)38-21(30-25)31(22(33)34)15-35-11-12-39(6,7)8/h9-10,13,19H,11-12,14-15H2,1-8H3,(H2,29,32)(H,33,34)/t19-,25+,26-/m0/s1. The summed E-state index contributed by atoms with van der Waals surface area (Å²) in [5.74, 6) is -1.52. The van der Waals surface area contributed by atoms with Gasteiger partial charge < -0.3 is 24.9 Å². The largest absolute Gasteiger partial charge is 0.494 e. The number of benzene rings is 1. The van der Waals surface area contributed by atoms with Crippen molar-refractivity contribution in [1.29, 1.82) is 0 Å². The number of carboxylic acid groups (broad SMARTS) is 1. The van der Waals surface area contributed by atoms with Crippen LogP contribution in [-0.4, -0.2) is 71.7 Å². The number of amidine groups is 1. The van der Waals surface area contributed by atoms with Crippen LogP contribution in [0.5, 0.6) is 0 Å². The van der Waals surface area contributed by atoms with E-state index in [4.69, 9.17) is 24.8 Å². The average Bonchev–Trinajstić information content (AvgIpc) is 3.50. The number of halogens is 1. The second-order valence-electron chi connectivity index (χ2n) is 13.0. The Balaban J connectivity index is 1.71. The molecule has 3 atom stereocenters. The maximum absolute atomic E-state index is 15.5. The minimum absolute atomic E-state index is 0.0611. The number of rotatable bonds is 8. The van der Waals surface area contributed by atoms with Crippen molar-refractivity contribution in [3.63, 3.8) is 0 Å². The summed E-state index contributed by atoms with van der Waals surface area (Å²) < 4.78 is 32.5. The zero-order valence-electron chi connectivity index (χ0n) is 24.0. The number of nitrogens with zero attached hydrogens (tertiary/aromatic N) is 2. The molecule has 2 heterocycles. The van der Waals surface area contributed by atoms with Crippen molar-refractivity contribution in [3.8, 4) is 0 Å². The van der Waals surface area contributed by atoms with Crippen LogP contribution in [0.1, 0.15) is 46.6 Å². The molecule has 2 fully saturated rings. The van der Waals surface area contributed by atoms with Gasteiger partial charge in [-0.05, 0) is 58.6 Å². The number of carbonyl (C=O) groups excluding carboxylic acids is 1. The molecule has 3 aliphatic rings. The van der Waals surface area contributed by atoms with Gasteiger partial charge in [0.1, 0.15) is 17.3 Å². The molecule has 39 heavy (non-hydrogen) atoms. The Kier molecular flexibility index (Phi) is 7.60. The van der Waals surface area contributed by atoms with Gasteiger partial charge in [0, 0.05) is 26.2 Å². The summed E-state index contributed by atoms with van der Waals surface area (Å²) in [7, 11) is -2.11. The third-order valence-electron chi connectivity index (χ3n) is 8.35. The summed E-state index contributed by atoms with van der Waals surface area (Å²) in [5.41, 5.74) is 4.24. The first-order valence-corrected chi connectivity index (χ1v) is 17.7. The molecule has 1 aromatic rings. The summed E-state index contributed by atoms with van der Waals surface area (Å²) in [4.78, 5) is 30.7. The minimum Gasteiger partial charge on any atom is -0.465 e. The van der Waals surface area contributed by atoms with Crippen molar-refractivity contribution in [3.05, 3.63) is 29.6 Å². The normalized spacial score (nSPS) is 29.0. The zero-order valence-corrected chi connectivity index (χ0v) is 25.8. The highest BCUT2D eigenvalue weighted by atomic mass is 32.2. The summed E-state index contributed by atoms with van der Waals surface area (Å²) >= 11 is 1.03. The van der Waals surface area contributed by atoms with Crippen molar-refractivity contribution in [1.82, 2.24) is 4.90 Å². The monoisotopic (exact) mass is 579 g/mol. The molecule has 214 valence electrons. The second-order valence-corrected chi connectivity index (χ2v) is 20.0. The number of fused-ring (bicyclic) bond motifs is 1. The first-order chi connectivity index (χ1) is 17.8. The molecule has 1 aromatic carbocycles. The first-order valence-electron chi connectivity index (χ1n) is 13.2. The van der Waals surface area contributed by atoms with Crippen LogP contribution in [-0.2, 0) is 24.4 Å². The van der Waals surface area contributed by atoms with Gasteiger partial charge in [0.2, 0.25) is 5.91 Å². The predicted octanol–water partition coefficient (Wildman–Crippen LogP) is 3.98. The number of hydrogen-bond donors (Lipinski definition) is 2. The molecule has 1 saturated carbocycles. The van der Waals surface area contributed by atoms with E-state index in [1.165, 1.54) is 6.07 Å². The molecule has 0 bridgehead atoms. The number of aliphatic imine (C=N–C) groups is 1. The Morgan fingerprint density at radius 1 is 1.23 bits per heavy atom. The molecule has 0 aromatic heterocycles. The lowest BCUT2D eigenvalue weighted by Crippen LogP contribution is -2.47. The molecule has 2 amide bonds. The van der Waals surface area contributed by atoms with Crippen LogP contribution < -0.4 is 11.2 Å². The van der Waals surface area contributed by atoms with Gasteiger partial charge >= 0.3 is 13.2 Å². The van der Waals surface area contributed by atoms with Crippen molar-refractivity contribution in [2.75, 3.05) is 13.3 Å². The summed E-state index contributed by atoms with van der Waals surface area (Å²) in [6.07, 6.45) is -0.928. The van der Waals surface area contributed by atoms with Crippen LogP contribution in [0.3, 0.4) is 0 Å². The van der Waals surface area contributed by atoms with Crippen LogP contribution in [0.15, 0.2) is 23.2 Å². The fourth-order valence-corrected chi connectivity index (χ4v) is 7.22. The number of carbonyl (C=O) groups is 2. The highest BCUT2D eigenvalue weighted by Gasteiger charge is 2.71. The van der Waals surface area contributed by atoms with E-state index < -0.39 is 60.4 Å². The third-order valence-corrected chi connectivity index (χ3v) is 11.6. The molecule has 0 unspecified atom stereocenters. The fraction of sp³-hybridized carbons (Fsp3) is 0.654. The smallest absolute Gasteiger partial charge is 0.465 e. The van der Waals surface area contributed by atoms with E-state index in [2.05, 4.69) is 19.6 Å². The Labute approximate surface area is 235 Å². The first kappa shape index (κ1) is 30.0. The molecule has 13 heteroatoms. The number of thioether (sulfide) groups is 1. The number of primary amides is 1. The van der Waals surface area contributed by atoms with E-state index in [1.807, 2.05) is 27.7 Å². The van der Waals surface area contributed by atoms with Crippen LogP contribution in [0.2, 0.25) is 25.7 Å². The molecule has 1 aliphatic carbocycles. The molecule has 9 nitrogen and oxygen atoms in total. The highest BCUT2D eigenvalue weighted by Crippen LogP contribution is 2.66. The molecule has 4 rings (SSSR count). The number of amides is 2. The second kappa shape index (κ2) is 9.86. The maximum atomic E-state index is 15.5. The van der Waals surface area contributed by atoms with E-state index in [0.29, 0.717) is 18.5 Å². The van der Waals surface area contributed by atoms with Crippen LogP contribution in [0.4, 0.5) is 9.18 Å². The average molecular weight is 580 g/mol. The summed E-state index contributed by atoms with van der Waals surface area (Å²) in [6, 6.07) is 5.45. The topological polar surface area (TPSA) is 124 Å². The molecule has 1 saturated heterocycles. The van der Waals surface area contributed by atoms with Gasteiger partial charge in [-0.15, -0.1) is 0 Å². The Bertz CT molecular complexity index is 1190. The number of nitrogens with two attached hydrogens (primary N) is 1. The maximum Gasteiger partial charge on any atom is 0.494 e. The van der Waals surface area contributed by atoms with Crippen molar-refractivity contribution >= 4 is 49.6 Å². The lowest BCUT2D eigenvalue weighted by Gasteiger charge is -2.36. The van der Waals surface area contributed by atoms with E-state index >= 15 is 4.39 Å². The molecular formula is C26H39BFN3O6SSi. The van der Waals surface area contributed by atoms with Crippen LogP contribution in [0, 0.1) is 11.7 Å². The number of hydrogen-bond acceptors (Lipinski definition) is 7. The Morgan fingerprint density at radius 2 is 1.85 bits per heavy atom. The van der Waals surface area contributed by atoms with Crippen molar-refractivity contribution in [2.45, 2.75) is 88.2 Å². The van der Waals surface area contributed by atoms with Crippen molar-refractivity contribution in [2.24, 2.45) is 16.6 Å². The SMILES string of the molecule is CC1(C)OB(c2ccc(F)c([C@@]3(C)N=C(N(COCC[Si](C)(C)C)C(=O)O)S[C@@]4(C(N)=O)C[C@H]43)c2)OC1(C)C. The van der Waals surface area contributed by atoms with Crippen LogP contribution in [0.25, 0.3) is 0 Å². The molecule has 2 aliphatic heterocycles. The fourth-order valence-electron chi connectivity index (χ4n) is 4.94. The zero-order chi connectivity index (χ0) is 29.2. The third kappa shape index (κ3) is 5.52. The van der Waals surface area contributed by atoms with Gasteiger partial charge in [-0.3, -0.25) is 9.79 Å². The predicted molar refractivity (Wildman–Crippen MR) is 153 cm³/mol. The minimum atomic E-state index is -1.39. The van der Waals surface area contributed by atoms with E-state index in [0.717, 1.165) is 22.7 Å². The quantitative estimate of drug-likeness (QED) is 0.271. The van der Waals surface area contributed by atoms with Gasteiger partial charge in [0.25, 0.3) is 0 Å². The van der Waals surface area contributed by atoms with E-state index in [9.17, 15) is 14.7 Å². The van der Waals surface area contributed by atoms with Gasteiger partial charge in [-0.1, -0.05) is 43.5 Å². The van der Waals surface area contributed by atoms with E-state index in [1.54, 1.807) is 19.1 Å². The Hall–Kier alpha value is -1.93. The van der Waals surface area contributed by atoms with Crippen molar-refractivity contribution < 1.29 is 33.1 Å². The van der Waals surface area contributed by atoms with Gasteiger partial charge in [0.15, 0.2) is 5.17 Å². The number of ether oxygens (including phenoxy) is 1. The molecular weight excluding hydrogens is 540 g/mol.